The van der Waals surface area contributed by atoms with Crippen LogP contribution in [0.2, 0.25) is 0 Å². The average molecular weight is 276 g/mol. The van der Waals surface area contributed by atoms with Gasteiger partial charge in [0.15, 0.2) is 0 Å². The Morgan fingerprint density at radius 3 is 2.68 bits per heavy atom. The minimum Gasteiger partial charge on any atom is -0.497 e. The van der Waals surface area contributed by atoms with E-state index in [0.717, 1.165) is 11.4 Å². The van der Waals surface area contributed by atoms with Crippen LogP contribution in [0, 0.1) is 13.8 Å². The molecule has 0 saturated carbocycles. The fourth-order valence-electron chi connectivity index (χ4n) is 2.17. The minimum absolute atomic E-state index is 0.136. The SMILES string of the molecule is COc1cccc(NC(CN)c2cc(C)sc2C)c1. The van der Waals surface area contributed by atoms with Crippen molar-refractivity contribution in [2.75, 3.05) is 19.0 Å². The fraction of sp³-hybridized carbons (Fsp3) is 0.333. The van der Waals surface area contributed by atoms with E-state index < -0.39 is 0 Å². The Balaban J connectivity index is 2.21. The lowest BCUT2D eigenvalue weighted by Crippen LogP contribution is -2.20. The first-order chi connectivity index (χ1) is 9.13. The largest absolute Gasteiger partial charge is 0.497 e. The summed E-state index contributed by atoms with van der Waals surface area (Å²) in [6.45, 7) is 4.83. The second kappa shape index (κ2) is 6.08. The molecule has 0 bridgehead atoms. The molecule has 0 fully saturated rings. The molecule has 0 aliphatic rings. The standard InChI is InChI=1S/C15H20N2OS/c1-10-7-14(11(2)19-10)15(9-16)17-12-5-4-6-13(8-12)18-3/h4-8,15,17H,9,16H2,1-3H3. The van der Waals surface area contributed by atoms with Crippen molar-refractivity contribution in [3.05, 3.63) is 45.6 Å². The zero-order chi connectivity index (χ0) is 13.8. The van der Waals surface area contributed by atoms with Gasteiger partial charge in [-0.2, -0.15) is 0 Å². The lowest BCUT2D eigenvalue weighted by molar-refractivity contribution is 0.415. The summed E-state index contributed by atoms with van der Waals surface area (Å²) >= 11 is 1.81. The van der Waals surface area contributed by atoms with Crippen LogP contribution < -0.4 is 15.8 Å². The van der Waals surface area contributed by atoms with Gasteiger partial charge in [0.25, 0.3) is 0 Å². The van der Waals surface area contributed by atoms with Crippen LogP contribution in [0.25, 0.3) is 0 Å². The second-order valence-corrected chi connectivity index (χ2v) is 5.99. The van der Waals surface area contributed by atoms with E-state index in [1.165, 1.54) is 15.3 Å². The molecule has 1 heterocycles. The van der Waals surface area contributed by atoms with Crippen LogP contribution in [0.3, 0.4) is 0 Å². The molecule has 2 aromatic rings. The molecule has 0 aliphatic heterocycles. The van der Waals surface area contributed by atoms with Crippen molar-refractivity contribution in [2.24, 2.45) is 5.73 Å². The van der Waals surface area contributed by atoms with Crippen molar-refractivity contribution in [1.29, 1.82) is 0 Å². The molecule has 0 aliphatic carbocycles. The van der Waals surface area contributed by atoms with Crippen LogP contribution in [0.4, 0.5) is 5.69 Å². The normalized spacial score (nSPS) is 12.2. The molecule has 0 spiro atoms. The Morgan fingerprint density at radius 1 is 1.32 bits per heavy atom. The lowest BCUT2D eigenvalue weighted by atomic mass is 10.1. The number of aryl methyl sites for hydroxylation is 2. The first-order valence-electron chi connectivity index (χ1n) is 6.31. The van der Waals surface area contributed by atoms with Gasteiger partial charge in [0.1, 0.15) is 5.75 Å². The van der Waals surface area contributed by atoms with Gasteiger partial charge in [-0.05, 0) is 37.6 Å². The van der Waals surface area contributed by atoms with Crippen LogP contribution in [0.15, 0.2) is 30.3 Å². The molecule has 1 aromatic heterocycles. The van der Waals surface area contributed by atoms with Gasteiger partial charge < -0.3 is 15.8 Å². The number of anilines is 1. The summed E-state index contributed by atoms with van der Waals surface area (Å²) in [5.41, 5.74) is 8.22. The maximum absolute atomic E-state index is 5.91. The zero-order valence-corrected chi connectivity index (χ0v) is 12.4. The minimum atomic E-state index is 0.136. The van der Waals surface area contributed by atoms with E-state index >= 15 is 0 Å². The van der Waals surface area contributed by atoms with Crippen LogP contribution in [0.1, 0.15) is 21.4 Å². The summed E-state index contributed by atoms with van der Waals surface area (Å²) in [5, 5.41) is 3.48. The maximum Gasteiger partial charge on any atom is 0.120 e. The Labute approximate surface area is 118 Å². The molecule has 2 rings (SSSR count). The van der Waals surface area contributed by atoms with Crippen LogP contribution >= 0.6 is 11.3 Å². The van der Waals surface area contributed by atoms with E-state index in [9.17, 15) is 0 Å². The van der Waals surface area contributed by atoms with Crippen LogP contribution in [-0.4, -0.2) is 13.7 Å². The molecule has 102 valence electrons. The van der Waals surface area contributed by atoms with Gasteiger partial charge in [-0.1, -0.05) is 6.07 Å². The number of rotatable bonds is 5. The number of ether oxygens (including phenoxy) is 1. The number of nitrogens with two attached hydrogens (primary N) is 1. The van der Waals surface area contributed by atoms with Crippen LogP contribution in [0.5, 0.6) is 5.75 Å². The highest BCUT2D eigenvalue weighted by atomic mass is 32.1. The lowest BCUT2D eigenvalue weighted by Gasteiger charge is -2.18. The van der Waals surface area contributed by atoms with Gasteiger partial charge in [-0.3, -0.25) is 0 Å². The van der Waals surface area contributed by atoms with Gasteiger partial charge in [0.2, 0.25) is 0 Å². The van der Waals surface area contributed by atoms with E-state index in [0.29, 0.717) is 6.54 Å². The Morgan fingerprint density at radius 2 is 2.11 bits per heavy atom. The monoisotopic (exact) mass is 276 g/mol. The Kier molecular flexibility index (Phi) is 4.45. The van der Waals surface area contributed by atoms with Crippen molar-refractivity contribution in [1.82, 2.24) is 0 Å². The van der Waals surface area contributed by atoms with Gasteiger partial charge in [0.05, 0.1) is 13.2 Å². The summed E-state index contributed by atoms with van der Waals surface area (Å²) in [5.74, 6) is 0.846. The number of nitrogens with one attached hydrogen (secondary N) is 1. The van der Waals surface area contributed by atoms with E-state index in [-0.39, 0.29) is 6.04 Å². The molecule has 0 saturated heterocycles. The third-order valence-electron chi connectivity index (χ3n) is 3.10. The van der Waals surface area contributed by atoms with Gasteiger partial charge in [-0.15, -0.1) is 11.3 Å². The first-order valence-corrected chi connectivity index (χ1v) is 7.13. The summed E-state index contributed by atoms with van der Waals surface area (Å²) in [4.78, 5) is 2.64. The second-order valence-electron chi connectivity index (χ2n) is 4.53. The average Bonchev–Trinajstić information content (AvgIpc) is 2.75. The van der Waals surface area contributed by atoms with Gasteiger partial charge in [0, 0.05) is 28.1 Å². The molecule has 0 radical (unpaired) electrons. The quantitative estimate of drug-likeness (QED) is 0.879. The molecule has 1 atom stereocenters. The van der Waals surface area contributed by atoms with Gasteiger partial charge >= 0.3 is 0 Å². The van der Waals surface area contributed by atoms with Crippen molar-refractivity contribution < 1.29 is 4.74 Å². The molecule has 4 heteroatoms. The molecular formula is C15H20N2OS. The first kappa shape index (κ1) is 13.9. The number of hydrogen-bond acceptors (Lipinski definition) is 4. The molecule has 1 unspecified atom stereocenters. The Hall–Kier alpha value is -1.52. The maximum atomic E-state index is 5.91. The highest BCUT2D eigenvalue weighted by molar-refractivity contribution is 7.12. The number of hydrogen-bond donors (Lipinski definition) is 2. The van der Waals surface area contributed by atoms with E-state index in [1.807, 2.05) is 35.6 Å². The van der Waals surface area contributed by atoms with Crippen molar-refractivity contribution in [2.45, 2.75) is 19.9 Å². The summed E-state index contributed by atoms with van der Waals surface area (Å²) in [6.07, 6.45) is 0. The van der Waals surface area contributed by atoms with Crippen molar-refractivity contribution in [3.63, 3.8) is 0 Å². The van der Waals surface area contributed by atoms with Gasteiger partial charge in [-0.25, -0.2) is 0 Å². The molecule has 3 nitrogen and oxygen atoms in total. The highest BCUT2D eigenvalue weighted by Gasteiger charge is 2.14. The highest BCUT2D eigenvalue weighted by Crippen LogP contribution is 2.29. The molecule has 3 N–H and O–H groups in total. The Bertz CT molecular complexity index is 551. The van der Waals surface area contributed by atoms with E-state index in [4.69, 9.17) is 10.5 Å². The van der Waals surface area contributed by atoms with E-state index in [1.54, 1.807) is 7.11 Å². The van der Waals surface area contributed by atoms with E-state index in [2.05, 4.69) is 25.2 Å². The zero-order valence-electron chi connectivity index (χ0n) is 11.6. The number of benzene rings is 1. The smallest absolute Gasteiger partial charge is 0.120 e. The number of thiophene rings is 1. The van der Waals surface area contributed by atoms with Crippen LogP contribution in [-0.2, 0) is 0 Å². The fourth-order valence-corrected chi connectivity index (χ4v) is 3.16. The number of methoxy groups -OCH3 is 1. The summed E-state index contributed by atoms with van der Waals surface area (Å²) in [6, 6.07) is 10.3. The van der Waals surface area contributed by atoms with Crippen molar-refractivity contribution in [3.8, 4) is 5.75 Å². The third-order valence-corrected chi connectivity index (χ3v) is 4.08. The molecule has 0 amide bonds. The molecule has 19 heavy (non-hydrogen) atoms. The molecule has 1 aromatic carbocycles. The third kappa shape index (κ3) is 3.28. The predicted molar refractivity (Wildman–Crippen MR) is 82.2 cm³/mol. The topological polar surface area (TPSA) is 47.3 Å². The summed E-state index contributed by atoms with van der Waals surface area (Å²) < 4.78 is 5.23. The molecular weight excluding hydrogens is 256 g/mol. The predicted octanol–water partition coefficient (Wildman–Crippen LogP) is 3.49. The summed E-state index contributed by atoms with van der Waals surface area (Å²) in [7, 11) is 1.67. The van der Waals surface area contributed by atoms with Crippen molar-refractivity contribution >= 4 is 17.0 Å².